The van der Waals surface area contributed by atoms with E-state index in [0.29, 0.717) is 12.1 Å². The fraction of sp³-hybridized carbons (Fsp3) is 0.0441. The topological polar surface area (TPSA) is 30.4 Å². The van der Waals surface area contributed by atoms with E-state index in [0.717, 1.165) is 73.0 Å². The maximum Gasteiger partial charge on any atom is 0.136 e. The molecule has 0 amide bonds. The molecule has 3 nitrogen and oxygen atoms in total. The van der Waals surface area contributed by atoms with E-state index in [-0.39, 0.29) is 0 Å². The van der Waals surface area contributed by atoms with E-state index in [1.807, 2.05) is 12.1 Å². The number of fused-ring (bicyclic) bond motifs is 10. The van der Waals surface area contributed by atoms with Crippen molar-refractivity contribution in [3.8, 4) is 27.9 Å². The molecule has 13 rings (SSSR count). The van der Waals surface area contributed by atoms with Crippen molar-refractivity contribution in [1.82, 2.24) is 4.57 Å². The van der Waals surface area contributed by atoms with Crippen LogP contribution in [0.5, 0.6) is 0 Å². The van der Waals surface area contributed by atoms with Crippen LogP contribution in [-0.4, -0.2) is 10.3 Å². The lowest BCUT2D eigenvalue weighted by atomic mass is 9.93. The predicted molar refractivity (Wildman–Crippen MR) is 301 cm³/mol. The Labute approximate surface area is 413 Å². The lowest BCUT2D eigenvalue weighted by molar-refractivity contribution is 0.669. The Morgan fingerprint density at radius 2 is 1.23 bits per heavy atom. The summed E-state index contributed by atoms with van der Waals surface area (Å²) in [5.41, 5.74) is 20.9. The minimum Gasteiger partial charge on any atom is -0.456 e. The first-order valence-corrected chi connectivity index (χ1v) is 24.5. The molecule has 1 aliphatic carbocycles. The molecule has 1 aliphatic rings. The molecule has 0 atom stereocenters. The van der Waals surface area contributed by atoms with Gasteiger partial charge in [-0.05, 0) is 140 Å². The Kier molecular flexibility index (Phi) is 10.4. The Balaban J connectivity index is 0.964. The van der Waals surface area contributed by atoms with Gasteiger partial charge in [0.2, 0.25) is 0 Å². The first-order chi connectivity index (χ1) is 35.1. The fourth-order valence-corrected chi connectivity index (χ4v) is 11.1. The molecule has 0 N–H and O–H groups in total. The van der Waals surface area contributed by atoms with Crippen LogP contribution < -0.4 is 0 Å². The molecule has 336 valence electrons. The monoisotopic (exact) mass is 908 g/mol. The Hall–Kier alpha value is -9.05. The fourth-order valence-electron chi connectivity index (χ4n) is 11.1. The number of rotatable bonds is 10. The number of aliphatic imine (C=N–C) groups is 1. The highest BCUT2D eigenvalue weighted by molar-refractivity contribution is 6.17. The highest BCUT2D eigenvalue weighted by Crippen LogP contribution is 2.48. The molecule has 12 aromatic rings. The number of allylic oxidation sites excluding steroid dienone is 2. The lowest BCUT2D eigenvalue weighted by Crippen LogP contribution is -2.04. The molecule has 0 aliphatic heterocycles. The van der Waals surface area contributed by atoms with E-state index in [1.165, 1.54) is 66.1 Å². The maximum atomic E-state index is 6.62. The number of furan rings is 1. The maximum absolute atomic E-state index is 6.62. The number of hydrogen-bond acceptors (Lipinski definition) is 2. The molecule has 0 spiro atoms. The summed E-state index contributed by atoms with van der Waals surface area (Å²) < 4.78 is 9.03. The Morgan fingerprint density at radius 3 is 2.07 bits per heavy atom. The average molecular weight is 909 g/mol. The lowest BCUT2D eigenvalue weighted by Gasteiger charge is -2.17. The van der Waals surface area contributed by atoms with E-state index in [9.17, 15) is 0 Å². The second-order valence-corrected chi connectivity index (χ2v) is 18.6. The standard InChI is InChI=1S/C68H48N2O/c1-44(52-33-19-34-56-58(40-46-21-5-3-6-22-46)53-29-11-12-31-55(53)67(52)56)20-17-35-60(51-28-18-27-48(41-51)47-23-7-4-8-24-47)69-45(2)66-62(38-39-65-68(66)57-32-14-16-37-64(57)71-65)70-61-36-15-13-30-54(61)59-42-49-25-9-10-26-50(49)43-63(59)70/h3-16,18-34,36-43H,2,17,35H2,1H3/b44-20+,58-40+,69-60?. The van der Waals surface area contributed by atoms with Crippen molar-refractivity contribution >= 4 is 83.1 Å². The number of benzene rings is 10. The highest BCUT2D eigenvalue weighted by atomic mass is 16.3. The SMILES string of the molecule is C=C(N=C(CC/C=C(\C)c1cccc2c1-c1ccccc1/C2=C\c1ccccc1)c1cccc(-c2ccccc2)c1)c1c(-n2c3ccccc3c3cc4ccccc4cc32)ccc2oc3ccccc3c12. The third-order valence-electron chi connectivity index (χ3n) is 14.4. The van der Waals surface area contributed by atoms with E-state index >= 15 is 0 Å². The van der Waals surface area contributed by atoms with Gasteiger partial charge in [0.15, 0.2) is 0 Å². The molecule has 0 saturated carbocycles. The van der Waals surface area contributed by atoms with Crippen LogP contribution in [0.2, 0.25) is 0 Å². The van der Waals surface area contributed by atoms with Gasteiger partial charge in [-0.3, -0.25) is 4.99 Å². The van der Waals surface area contributed by atoms with Gasteiger partial charge in [0.25, 0.3) is 0 Å². The van der Waals surface area contributed by atoms with Crippen LogP contribution in [0.15, 0.2) is 247 Å². The van der Waals surface area contributed by atoms with Crippen LogP contribution in [-0.2, 0) is 0 Å². The number of para-hydroxylation sites is 2. The van der Waals surface area contributed by atoms with Gasteiger partial charge in [-0.25, -0.2) is 0 Å². The first-order valence-electron chi connectivity index (χ1n) is 24.5. The molecule has 10 aromatic carbocycles. The first kappa shape index (κ1) is 42.1. The minimum atomic E-state index is 0.680. The predicted octanol–water partition coefficient (Wildman–Crippen LogP) is 18.4. The smallest absolute Gasteiger partial charge is 0.136 e. The number of aromatic nitrogens is 1. The van der Waals surface area contributed by atoms with E-state index < -0.39 is 0 Å². The van der Waals surface area contributed by atoms with E-state index in [2.05, 4.69) is 236 Å². The average Bonchev–Trinajstić information content (AvgIpc) is 4.08. The van der Waals surface area contributed by atoms with Gasteiger partial charge in [-0.1, -0.05) is 195 Å². The van der Waals surface area contributed by atoms with Gasteiger partial charge in [-0.15, -0.1) is 0 Å². The zero-order chi connectivity index (χ0) is 47.4. The van der Waals surface area contributed by atoms with Crippen molar-refractivity contribution in [2.75, 3.05) is 0 Å². The summed E-state index contributed by atoms with van der Waals surface area (Å²) in [4.78, 5) is 5.71. The quantitative estimate of drug-likeness (QED) is 0.126. The zero-order valence-corrected chi connectivity index (χ0v) is 39.4. The minimum absolute atomic E-state index is 0.680. The largest absolute Gasteiger partial charge is 0.456 e. The van der Waals surface area contributed by atoms with Gasteiger partial charge in [0, 0.05) is 32.8 Å². The van der Waals surface area contributed by atoms with Crippen LogP contribution in [0.3, 0.4) is 0 Å². The summed E-state index contributed by atoms with van der Waals surface area (Å²) in [7, 11) is 0. The molecule has 0 radical (unpaired) electrons. The molecule has 0 bridgehead atoms. The number of hydrogen-bond donors (Lipinski definition) is 0. The van der Waals surface area contributed by atoms with Crippen molar-refractivity contribution < 1.29 is 4.42 Å². The Bertz CT molecular complexity index is 4180. The van der Waals surface area contributed by atoms with Crippen LogP contribution in [0.25, 0.3) is 105 Å². The van der Waals surface area contributed by atoms with Gasteiger partial charge in [0.1, 0.15) is 11.2 Å². The molecule has 0 unspecified atom stereocenters. The third-order valence-corrected chi connectivity index (χ3v) is 14.4. The molecule has 2 aromatic heterocycles. The van der Waals surface area contributed by atoms with Crippen LogP contribution in [0.1, 0.15) is 53.1 Å². The van der Waals surface area contributed by atoms with Crippen LogP contribution in [0, 0.1) is 0 Å². The molecule has 2 heterocycles. The summed E-state index contributed by atoms with van der Waals surface area (Å²) >= 11 is 0. The zero-order valence-electron chi connectivity index (χ0n) is 39.4. The second kappa shape index (κ2) is 17.5. The summed E-state index contributed by atoms with van der Waals surface area (Å²) in [5, 5.41) is 6.84. The molecule has 0 fully saturated rings. The second-order valence-electron chi connectivity index (χ2n) is 18.6. The summed E-state index contributed by atoms with van der Waals surface area (Å²) in [6.45, 7) is 7.17. The molecular formula is C68H48N2O. The number of nitrogens with zero attached hydrogens (tertiary/aromatic N) is 2. The Morgan fingerprint density at radius 1 is 0.549 bits per heavy atom. The van der Waals surface area contributed by atoms with Gasteiger partial charge >= 0.3 is 0 Å². The summed E-state index contributed by atoms with van der Waals surface area (Å²) in [6, 6.07) is 80.3. The molecular weight excluding hydrogens is 861 g/mol. The normalized spacial score (nSPS) is 13.2. The highest BCUT2D eigenvalue weighted by Gasteiger charge is 2.26. The van der Waals surface area contributed by atoms with Crippen LogP contribution in [0.4, 0.5) is 0 Å². The summed E-state index contributed by atoms with van der Waals surface area (Å²) in [5.74, 6) is 0. The summed E-state index contributed by atoms with van der Waals surface area (Å²) in [6.07, 6.45) is 6.19. The van der Waals surface area contributed by atoms with Gasteiger partial charge in [0.05, 0.1) is 22.4 Å². The van der Waals surface area contributed by atoms with Crippen molar-refractivity contribution in [1.29, 1.82) is 0 Å². The van der Waals surface area contributed by atoms with Crippen molar-refractivity contribution in [3.63, 3.8) is 0 Å². The molecule has 0 saturated heterocycles. The molecule has 3 heteroatoms. The van der Waals surface area contributed by atoms with E-state index in [4.69, 9.17) is 16.0 Å². The third kappa shape index (κ3) is 7.33. The van der Waals surface area contributed by atoms with Crippen molar-refractivity contribution in [2.45, 2.75) is 19.8 Å². The van der Waals surface area contributed by atoms with Gasteiger partial charge in [-0.2, -0.15) is 0 Å². The van der Waals surface area contributed by atoms with Gasteiger partial charge < -0.3 is 8.98 Å². The van der Waals surface area contributed by atoms with E-state index in [1.54, 1.807) is 0 Å². The van der Waals surface area contributed by atoms with Crippen molar-refractivity contribution in [3.05, 3.63) is 270 Å². The van der Waals surface area contributed by atoms with Crippen LogP contribution >= 0.6 is 0 Å². The van der Waals surface area contributed by atoms with Crippen molar-refractivity contribution in [2.24, 2.45) is 4.99 Å². The molecule has 71 heavy (non-hydrogen) atoms.